The number of hydrogen-bond acceptors (Lipinski definition) is 3. The van der Waals surface area contributed by atoms with Gasteiger partial charge in [0.2, 0.25) is 0 Å². The second-order valence-electron chi connectivity index (χ2n) is 12.9. The Bertz CT molecular complexity index is 3110. The summed E-state index contributed by atoms with van der Waals surface area (Å²) >= 11 is 3.78. The van der Waals surface area contributed by atoms with Crippen molar-refractivity contribution in [3.05, 3.63) is 170 Å². The zero-order chi connectivity index (χ0) is 32.8. The quantitative estimate of drug-likeness (QED) is 0.181. The molecule has 0 unspecified atom stereocenters. The van der Waals surface area contributed by atoms with Crippen molar-refractivity contribution in [2.45, 2.75) is 0 Å². The summed E-state index contributed by atoms with van der Waals surface area (Å²) in [5.74, 6) is 0. The van der Waals surface area contributed by atoms with Crippen LogP contribution in [0.3, 0.4) is 0 Å². The van der Waals surface area contributed by atoms with Gasteiger partial charge in [-0.2, -0.15) is 0 Å². The fourth-order valence-electron chi connectivity index (χ4n) is 7.99. The van der Waals surface area contributed by atoms with Crippen LogP contribution in [0.5, 0.6) is 0 Å². The average Bonchev–Trinajstić information content (AvgIpc) is 3.86. The van der Waals surface area contributed by atoms with E-state index in [1.807, 2.05) is 22.7 Å². The van der Waals surface area contributed by atoms with Crippen LogP contribution in [-0.4, -0.2) is 4.57 Å². The molecular weight excluding hydrogens is 645 g/mol. The molecule has 0 saturated carbocycles. The SMILES string of the molecule is c1ccc(-n2c3ccccc3c3cc(N(c4cccc5c4sc4c6ccccc6ccc54)c4cccc5sc6ccccc6c45)ccc32)cc1. The van der Waals surface area contributed by atoms with Crippen LogP contribution in [0.15, 0.2) is 170 Å². The molecule has 0 atom stereocenters. The first-order valence-electron chi connectivity index (χ1n) is 16.9. The van der Waals surface area contributed by atoms with E-state index in [1.165, 1.54) is 90.0 Å². The zero-order valence-corrected chi connectivity index (χ0v) is 28.5. The Morgan fingerprint density at radius 3 is 2.00 bits per heavy atom. The third-order valence-electron chi connectivity index (χ3n) is 10.2. The summed E-state index contributed by atoms with van der Waals surface area (Å²) in [5, 5.41) is 10.3. The van der Waals surface area contributed by atoms with E-state index < -0.39 is 0 Å². The van der Waals surface area contributed by atoms with Gasteiger partial charge in [-0.15, -0.1) is 22.7 Å². The number of para-hydroxylation sites is 2. The van der Waals surface area contributed by atoms with Crippen molar-refractivity contribution in [2.75, 3.05) is 4.90 Å². The van der Waals surface area contributed by atoms with Crippen molar-refractivity contribution in [1.82, 2.24) is 4.57 Å². The lowest BCUT2D eigenvalue weighted by Crippen LogP contribution is -2.10. The molecule has 11 aromatic rings. The third kappa shape index (κ3) is 4.01. The molecule has 0 bridgehead atoms. The summed E-state index contributed by atoms with van der Waals surface area (Å²) in [7, 11) is 0. The molecule has 0 fully saturated rings. The molecule has 0 aliphatic rings. The van der Waals surface area contributed by atoms with Crippen molar-refractivity contribution in [2.24, 2.45) is 0 Å². The van der Waals surface area contributed by atoms with Gasteiger partial charge in [0.15, 0.2) is 0 Å². The highest BCUT2D eigenvalue weighted by atomic mass is 32.1. The van der Waals surface area contributed by atoms with Gasteiger partial charge in [0.1, 0.15) is 0 Å². The second kappa shape index (κ2) is 10.8. The molecule has 50 heavy (non-hydrogen) atoms. The number of fused-ring (bicyclic) bond motifs is 11. The normalized spacial score (nSPS) is 12.0. The lowest BCUT2D eigenvalue weighted by Gasteiger charge is -2.27. The Morgan fingerprint density at radius 2 is 1.08 bits per heavy atom. The number of thiophene rings is 2. The summed E-state index contributed by atoms with van der Waals surface area (Å²) < 4.78 is 7.63. The second-order valence-corrected chi connectivity index (χ2v) is 15.0. The van der Waals surface area contributed by atoms with Crippen molar-refractivity contribution in [1.29, 1.82) is 0 Å². The first kappa shape index (κ1) is 28.0. The van der Waals surface area contributed by atoms with Crippen LogP contribution in [0, 0.1) is 0 Å². The number of benzene rings is 8. The Balaban J connectivity index is 1.25. The number of anilines is 3. The van der Waals surface area contributed by atoms with E-state index in [2.05, 4.69) is 179 Å². The van der Waals surface area contributed by atoms with E-state index in [0.29, 0.717) is 0 Å². The van der Waals surface area contributed by atoms with Crippen LogP contribution >= 0.6 is 22.7 Å². The Kier molecular flexibility index (Phi) is 6.03. The Labute approximate surface area is 296 Å². The molecule has 8 aromatic carbocycles. The van der Waals surface area contributed by atoms with Gasteiger partial charge >= 0.3 is 0 Å². The Morgan fingerprint density at radius 1 is 0.400 bits per heavy atom. The summed E-state index contributed by atoms with van der Waals surface area (Å²) in [4.78, 5) is 2.52. The minimum atomic E-state index is 1.14. The first-order valence-corrected chi connectivity index (χ1v) is 18.6. The van der Waals surface area contributed by atoms with Crippen molar-refractivity contribution < 1.29 is 0 Å². The van der Waals surface area contributed by atoms with E-state index in [-0.39, 0.29) is 0 Å². The number of hydrogen-bond donors (Lipinski definition) is 0. The van der Waals surface area contributed by atoms with Crippen LogP contribution in [-0.2, 0) is 0 Å². The molecule has 11 rings (SSSR count). The molecule has 0 saturated heterocycles. The smallest absolute Gasteiger partial charge is 0.0640 e. The third-order valence-corrected chi connectivity index (χ3v) is 12.6. The van der Waals surface area contributed by atoms with Crippen LogP contribution < -0.4 is 4.90 Å². The molecule has 4 heteroatoms. The largest absolute Gasteiger partial charge is 0.309 e. The van der Waals surface area contributed by atoms with E-state index in [9.17, 15) is 0 Å². The molecule has 3 heterocycles. The molecule has 0 aliphatic heterocycles. The summed E-state index contributed by atoms with van der Waals surface area (Å²) in [5.41, 5.74) is 7.11. The molecule has 0 amide bonds. The highest BCUT2D eigenvalue weighted by molar-refractivity contribution is 7.27. The lowest BCUT2D eigenvalue weighted by atomic mass is 10.0. The maximum atomic E-state index is 2.52. The highest BCUT2D eigenvalue weighted by Crippen LogP contribution is 2.50. The van der Waals surface area contributed by atoms with Gasteiger partial charge in [0, 0.05) is 57.8 Å². The maximum Gasteiger partial charge on any atom is 0.0640 e. The predicted molar refractivity (Wildman–Crippen MR) is 219 cm³/mol. The molecule has 0 N–H and O–H groups in total. The molecule has 0 aliphatic carbocycles. The molecule has 3 aromatic heterocycles. The van der Waals surface area contributed by atoms with Crippen LogP contribution in [0.2, 0.25) is 0 Å². The first-order chi connectivity index (χ1) is 24.8. The van der Waals surface area contributed by atoms with Gasteiger partial charge in [-0.25, -0.2) is 0 Å². The predicted octanol–water partition coefficient (Wildman–Crippen LogP) is 14.1. The average molecular weight is 673 g/mol. The van der Waals surface area contributed by atoms with Crippen LogP contribution in [0.4, 0.5) is 17.1 Å². The van der Waals surface area contributed by atoms with E-state index in [4.69, 9.17) is 0 Å². The van der Waals surface area contributed by atoms with Gasteiger partial charge in [-0.05, 0) is 71.4 Å². The van der Waals surface area contributed by atoms with Crippen molar-refractivity contribution in [3.63, 3.8) is 0 Å². The molecule has 234 valence electrons. The summed E-state index contributed by atoms with van der Waals surface area (Å²) in [6.45, 7) is 0. The van der Waals surface area contributed by atoms with Gasteiger partial charge < -0.3 is 9.47 Å². The minimum absolute atomic E-state index is 1.14. The van der Waals surface area contributed by atoms with Crippen molar-refractivity contribution in [3.8, 4) is 5.69 Å². The van der Waals surface area contributed by atoms with Gasteiger partial charge in [-0.1, -0.05) is 109 Å². The van der Waals surface area contributed by atoms with Crippen LogP contribution in [0.25, 0.3) is 78.6 Å². The molecular formula is C46H28N2S2. The summed E-state index contributed by atoms with van der Waals surface area (Å²) in [6.07, 6.45) is 0. The summed E-state index contributed by atoms with van der Waals surface area (Å²) in [6, 6.07) is 62.3. The number of rotatable bonds is 4. The maximum absolute atomic E-state index is 2.52. The van der Waals surface area contributed by atoms with Gasteiger partial charge in [0.05, 0.1) is 27.1 Å². The number of nitrogens with zero attached hydrogens (tertiary/aromatic N) is 2. The van der Waals surface area contributed by atoms with E-state index in [0.717, 1.165) is 5.69 Å². The standard InChI is InChI=1S/C46H28N2S2/c1-2-13-30(14-3-1)47-38-19-8-6-16-33(38)37-28-31(25-27-39(37)47)48(40-20-11-23-43-44(40)36-17-7-9-22-42(36)49-43)41-21-10-18-34-35-26-24-29-12-4-5-15-32(29)45(35)50-46(34)41/h1-28H. The lowest BCUT2D eigenvalue weighted by molar-refractivity contribution is 1.18. The minimum Gasteiger partial charge on any atom is -0.309 e. The zero-order valence-electron chi connectivity index (χ0n) is 26.9. The highest BCUT2D eigenvalue weighted by Gasteiger charge is 2.23. The van der Waals surface area contributed by atoms with Crippen LogP contribution in [0.1, 0.15) is 0 Å². The monoisotopic (exact) mass is 672 g/mol. The van der Waals surface area contributed by atoms with Crippen molar-refractivity contribution >= 4 is 113 Å². The fraction of sp³-hybridized carbons (Fsp3) is 0. The van der Waals surface area contributed by atoms with E-state index in [1.54, 1.807) is 0 Å². The fourth-order valence-corrected chi connectivity index (χ4v) is 10.5. The molecule has 0 spiro atoms. The van der Waals surface area contributed by atoms with E-state index >= 15 is 0 Å². The van der Waals surface area contributed by atoms with Gasteiger partial charge in [-0.3, -0.25) is 0 Å². The molecule has 0 radical (unpaired) electrons. The number of aromatic nitrogens is 1. The topological polar surface area (TPSA) is 8.17 Å². The Hall–Kier alpha value is -5.94. The molecule has 2 nitrogen and oxygen atoms in total. The van der Waals surface area contributed by atoms with Gasteiger partial charge in [0.25, 0.3) is 0 Å².